The average molecular weight is 498 g/mol. The first-order valence-electron chi connectivity index (χ1n) is 12.5. The number of carbonyl (C=O) groups excluding carboxylic acids is 2. The van der Waals surface area contributed by atoms with Gasteiger partial charge in [0.05, 0.1) is 25.3 Å². The maximum atomic E-state index is 13.5. The predicted molar refractivity (Wildman–Crippen MR) is 143 cm³/mol. The first kappa shape index (κ1) is 24.6. The highest BCUT2D eigenvalue weighted by Crippen LogP contribution is 2.45. The summed E-state index contributed by atoms with van der Waals surface area (Å²) in [7, 11) is 1.55. The number of aliphatic hydroxyl groups excluding tert-OH is 1. The highest BCUT2D eigenvalue weighted by Gasteiger charge is 2.48. The lowest BCUT2D eigenvalue weighted by molar-refractivity contribution is -0.132. The standard InChI is InChI=1S/C31H31NO5/c1-31(2,3)21-12-14-22(15-13-21)32-27(23-9-5-6-10-25(23)36-4)26(29(34)30(32)35)28(33)20-11-16-24-19(18-20)8-7-17-37-24/h5-6,9-16,18,27,33H,7-8,17H2,1-4H3/b28-26+. The molecule has 190 valence electrons. The third-order valence-electron chi connectivity index (χ3n) is 7.07. The molecule has 1 N–H and O–H groups in total. The van der Waals surface area contributed by atoms with Crippen molar-refractivity contribution in [3.05, 3.63) is 94.6 Å². The molecule has 1 saturated heterocycles. The van der Waals surface area contributed by atoms with E-state index in [0.29, 0.717) is 29.2 Å². The molecule has 2 heterocycles. The van der Waals surface area contributed by atoms with Crippen molar-refractivity contribution in [1.29, 1.82) is 0 Å². The molecular formula is C31H31NO5. The number of amides is 1. The van der Waals surface area contributed by atoms with Crippen molar-refractivity contribution < 1.29 is 24.2 Å². The van der Waals surface area contributed by atoms with Crippen LogP contribution < -0.4 is 14.4 Å². The molecule has 1 unspecified atom stereocenters. The smallest absolute Gasteiger partial charge is 0.300 e. The molecule has 1 atom stereocenters. The first-order chi connectivity index (χ1) is 17.7. The number of hydrogen-bond acceptors (Lipinski definition) is 5. The van der Waals surface area contributed by atoms with Crippen LogP contribution >= 0.6 is 0 Å². The van der Waals surface area contributed by atoms with Crippen LogP contribution in [0.15, 0.2) is 72.3 Å². The molecule has 3 aromatic carbocycles. The lowest BCUT2D eigenvalue weighted by atomic mass is 9.87. The summed E-state index contributed by atoms with van der Waals surface area (Å²) in [6.07, 6.45) is 1.70. The Labute approximate surface area is 217 Å². The van der Waals surface area contributed by atoms with Gasteiger partial charge >= 0.3 is 0 Å². The second-order valence-corrected chi connectivity index (χ2v) is 10.5. The van der Waals surface area contributed by atoms with E-state index in [0.717, 1.165) is 29.7 Å². The normalized spacial score (nSPS) is 18.9. The van der Waals surface area contributed by atoms with Gasteiger partial charge < -0.3 is 14.6 Å². The van der Waals surface area contributed by atoms with Crippen molar-refractivity contribution >= 4 is 23.1 Å². The van der Waals surface area contributed by atoms with Crippen LogP contribution in [0.5, 0.6) is 11.5 Å². The number of aliphatic hydroxyl groups is 1. The second kappa shape index (κ2) is 9.43. The molecule has 1 fully saturated rings. The third kappa shape index (κ3) is 4.37. The molecule has 37 heavy (non-hydrogen) atoms. The summed E-state index contributed by atoms with van der Waals surface area (Å²) in [5, 5.41) is 11.5. The molecule has 1 amide bonds. The monoisotopic (exact) mass is 497 g/mol. The third-order valence-corrected chi connectivity index (χ3v) is 7.07. The fourth-order valence-electron chi connectivity index (χ4n) is 5.07. The molecule has 0 aliphatic carbocycles. The van der Waals surface area contributed by atoms with Crippen molar-refractivity contribution in [3.63, 3.8) is 0 Å². The maximum absolute atomic E-state index is 13.5. The van der Waals surface area contributed by atoms with Crippen molar-refractivity contribution in [2.75, 3.05) is 18.6 Å². The highest BCUT2D eigenvalue weighted by atomic mass is 16.5. The SMILES string of the molecule is COc1ccccc1C1/C(=C(\O)c2ccc3c(c2)CCCO3)C(=O)C(=O)N1c1ccc(C(C)(C)C)cc1. The van der Waals surface area contributed by atoms with E-state index in [1.54, 1.807) is 19.2 Å². The lowest BCUT2D eigenvalue weighted by Crippen LogP contribution is -2.29. The van der Waals surface area contributed by atoms with Gasteiger partial charge in [0.2, 0.25) is 0 Å². The van der Waals surface area contributed by atoms with Crippen molar-refractivity contribution in [2.24, 2.45) is 0 Å². The largest absolute Gasteiger partial charge is 0.507 e. The Bertz CT molecular complexity index is 1400. The number of methoxy groups -OCH3 is 1. The number of ketones is 1. The molecule has 6 heteroatoms. The zero-order chi connectivity index (χ0) is 26.3. The van der Waals surface area contributed by atoms with Crippen LogP contribution in [-0.4, -0.2) is 30.5 Å². The van der Waals surface area contributed by atoms with E-state index in [-0.39, 0.29) is 16.7 Å². The predicted octanol–water partition coefficient (Wildman–Crippen LogP) is 5.94. The molecule has 2 aliphatic heterocycles. The summed E-state index contributed by atoms with van der Waals surface area (Å²) in [6.45, 7) is 7.01. The van der Waals surface area contributed by atoms with Crippen LogP contribution in [0.3, 0.4) is 0 Å². The Morgan fingerprint density at radius 1 is 1.03 bits per heavy atom. The molecule has 2 aliphatic rings. The van der Waals surface area contributed by atoms with E-state index < -0.39 is 17.7 Å². The Kier molecular flexibility index (Phi) is 6.28. The van der Waals surface area contributed by atoms with E-state index in [1.165, 1.54) is 4.90 Å². The van der Waals surface area contributed by atoms with Crippen LogP contribution in [0, 0.1) is 0 Å². The number of Topliss-reactive ketones (excluding diaryl/α,β-unsaturated/α-hetero) is 1. The molecular weight excluding hydrogens is 466 g/mol. The van der Waals surface area contributed by atoms with Gasteiger partial charge in [0, 0.05) is 16.8 Å². The van der Waals surface area contributed by atoms with Crippen LogP contribution in [0.4, 0.5) is 5.69 Å². The first-order valence-corrected chi connectivity index (χ1v) is 12.5. The Balaban J connectivity index is 1.69. The van der Waals surface area contributed by atoms with E-state index in [2.05, 4.69) is 20.8 Å². The number of nitrogens with zero attached hydrogens (tertiary/aromatic N) is 1. The minimum absolute atomic E-state index is 0.0334. The van der Waals surface area contributed by atoms with Crippen molar-refractivity contribution in [1.82, 2.24) is 0 Å². The molecule has 6 nitrogen and oxygen atoms in total. The second-order valence-electron chi connectivity index (χ2n) is 10.5. The number of fused-ring (bicyclic) bond motifs is 1. The lowest BCUT2D eigenvalue weighted by Gasteiger charge is -2.27. The fraction of sp³-hybridized carbons (Fsp3) is 0.290. The molecule has 5 rings (SSSR count). The van der Waals surface area contributed by atoms with E-state index in [9.17, 15) is 14.7 Å². The minimum atomic E-state index is -0.857. The van der Waals surface area contributed by atoms with Crippen LogP contribution in [-0.2, 0) is 21.4 Å². The summed E-state index contributed by atoms with van der Waals surface area (Å²) in [5.74, 6) is -0.333. The van der Waals surface area contributed by atoms with Crippen LogP contribution in [0.2, 0.25) is 0 Å². The van der Waals surface area contributed by atoms with Gasteiger partial charge in [0.15, 0.2) is 0 Å². The number of ether oxygens (including phenoxy) is 2. The van der Waals surface area contributed by atoms with Gasteiger partial charge in [-0.3, -0.25) is 14.5 Å². The molecule has 0 bridgehead atoms. The quantitative estimate of drug-likeness (QED) is 0.274. The Morgan fingerprint density at radius 2 is 1.76 bits per heavy atom. The number of hydrogen-bond donors (Lipinski definition) is 1. The topological polar surface area (TPSA) is 76.1 Å². The van der Waals surface area contributed by atoms with Crippen molar-refractivity contribution in [2.45, 2.75) is 45.1 Å². The summed E-state index contributed by atoms with van der Waals surface area (Å²) in [5.41, 5.74) is 3.71. The van der Waals surface area contributed by atoms with Crippen LogP contribution in [0.1, 0.15) is 55.5 Å². The van der Waals surface area contributed by atoms with Gasteiger partial charge in [-0.25, -0.2) is 0 Å². The number of rotatable bonds is 4. The molecule has 3 aromatic rings. The minimum Gasteiger partial charge on any atom is -0.507 e. The van der Waals surface area contributed by atoms with Crippen LogP contribution in [0.25, 0.3) is 5.76 Å². The van der Waals surface area contributed by atoms with Gasteiger partial charge in [0.25, 0.3) is 11.7 Å². The van der Waals surface area contributed by atoms with Gasteiger partial charge in [-0.05, 0) is 65.8 Å². The average Bonchev–Trinajstić information content (AvgIpc) is 3.17. The number of benzene rings is 3. The molecule has 0 spiro atoms. The summed E-state index contributed by atoms with van der Waals surface area (Å²) >= 11 is 0. The molecule has 0 radical (unpaired) electrons. The number of anilines is 1. The van der Waals surface area contributed by atoms with E-state index in [4.69, 9.17) is 9.47 Å². The van der Waals surface area contributed by atoms with E-state index in [1.807, 2.05) is 54.6 Å². The van der Waals surface area contributed by atoms with Crippen molar-refractivity contribution in [3.8, 4) is 11.5 Å². The number of carbonyl (C=O) groups is 2. The number of para-hydroxylation sites is 1. The summed E-state index contributed by atoms with van der Waals surface area (Å²) < 4.78 is 11.3. The molecule has 0 saturated carbocycles. The van der Waals surface area contributed by atoms with Gasteiger partial charge in [-0.2, -0.15) is 0 Å². The summed E-state index contributed by atoms with van der Waals surface area (Å²) in [4.78, 5) is 28.5. The zero-order valence-electron chi connectivity index (χ0n) is 21.6. The van der Waals surface area contributed by atoms with Gasteiger partial charge in [0.1, 0.15) is 17.3 Å². The zero-order valence-corrected chi connectivity index (χ0v) is 21.6. The van der Waals surface area contributed by atoms with Gasteiger partial charge in [-0.1, -0.05) is 51.1 Å². The maximum Gasteiger partial charge on any atom is 0.300 e. The Morgan fingerprint density at radius 3 is 2.46 bits per heavy atom. The summed E-state index contributed by atoms with van der Waals surface area (Å²) in [6, 6.07) is 19.4. The fourth-order valence-corrected chi connectivity index (χ4v) is 5.07. The molecule has 0 aromatic heterocycles. The van der Waals surface area contributed by atoms with Gasteiger partial charge in [-0.15, -0.1) is 0 Å². The number of aryl methyl sites for hydroxylation is 1. The highest BCUT2D eigenvalue weighted by molar-refractivity contribution is 6.51. The Hall–Kier alpha value is -4.06. The van der Waals surface area contributed by atoms with E-state index >= 15 is 0 Å².